The summed E-state index contributed by atoms with van der Waals surface area (Å²) in [4.78, 5) is 15.6. The normalized spacial score (nSPS) is 19.5. The number of ether oxygens (including phenoxy) is 2. The molecule has 0 spiro atoms. The summed E-state index contributed by atoms with van der Waals surface area (Å²) in [6.07, 6.45) is 2.53. The molecule has 1 aromatic rings. The lowest BCUT2D eigenvalue weighted by Gasteiger charge is -2.28. The van der Waals surface area contributed by atoms with Gasteiger partial charge in [0.05, 0.1) is 25.4 Å². The van der Waals surface area contributed by atoms with Gasteiger partial charge in [0.15, 0.2) is 0 Å². The van der Waals surface area contributed by atoms with Crippen LogP contribution >= 0.6 is 0 Å². The summed E-state index contributed by atoms with van der Waals surface area (Å²) in [6, 6.07) is 1.88. The minimum absolute atomic E-state index is 0.0285. The third-order valence-electron chi connectivity index (χ3n) is 2.52. The fourth-order valence-electron chi connectivity index (χ4n) is 1.61. The topological polar surface area (TPSA) is 48.4 Å². The van der Waals surface area contributed by atoms with Crippen molar-refractivity contribution in [1.29, 1.82) is 0 Å². The number of methoxy groups -OCH3 is 1. The van der Waals surface area contributed by atoms with Crippen LogP contribution in [0.3, 0.4) is 0 Å². The fraction of sp³-hybridized carbons (Fsp3) is 0.455. The van der Waals surface area contributed by atoms with Gasteiger partial charge in [-0.1, -0.05) is 0 Å². The van der Waals surface area contributed by atoms with Gasteiger partial charge in [0.1, 0.15) is 0 Å². The summed E-state index contributed by atoms with van der Waals surface area (Å²) in [5.74, 6) is -0.354. The van der Waals surface area contributed by atoms with E-state index in [0.717, 1.165) is 24.3 Å². The highest BCUT2D eigenvalue weighted by Gasteiger charge is 2.26. The molecule has 4 heteroatoms. The number of hydrogen-bond acceptors (Lipinski definition) is 4. The second-order valence-electron chi connectivity index (χ2n) is 3.55. The third-order valence-corrected chi connectivity index (χ3v) is 2.52. The van der Waals surface area contributed by atoms with Gasteiger partial charge in [0.25, 0.3) is 0 Å². The van der Waals surface area contributed by atoms with E-state index >= 15 is 0 Å². The Hall–Kier alpha value is -1.42. The van der Waals surface area contributed by atoms with E-state index in [0.29, 0.717) is 5.56 Å². The van der Waals surface area contributed by atoms with Crippen LogP contribution in [0.2, 0.25) is 0 Å². The molecule has 1 aliphatic rings. The monoisotopic (exact) mass is 207 g/mol. The molecule has 1 saturated heterocycles. The lowest BCUT2D eigenvalue weighted by Crippen LogP contribution is -2.21. The lowest BCUT2D eigenvalue weighted by atomic mass is 9.98. The van der Waals surface area contributed by atoms with E-state index in [1.54, 1.807) is 6.20 Å². The molecule has 0 N–H and O–H groups in total. The standard InChI is InChI=1S/C11H13NO3/c1-7-5-8(10-3-4-15-10)9(6-12-7)11(13)14-2/h5-6,10H,3-4H2,1-2H3. The van der Waals surface area contributed by atoms with Crippen molar-refractivity contribution in [2.24, 2.45) is 0 Å². The van der Waals surface area contributed by atoms with Gasteiger partial charge in [-0.2, -0.15) is 0 Å². The average Bonchev–Trinajstić information content (AvgIpc) is 2.14. The SMILES string of the molecule is COC(=O)c1cnc(C)cc1C1CCO1. The van der Waals surface area contributed by atoms with E-state index < -0.39 is 0 Å². The molecule has 15 heavy (non-hydrogen) atoms. The second kappa shape index (κ2) is 3.98. The first-order valence-electron chi connectivity index (χ1n) is 4.89. The molecular weight excluding hydrogens is 194 g/mol. The molecule has 2 heterocycles. The zero-order valence-electron chi connectivity index (χ0n) is 8.82. The van der Waals surface area contributed by atoms with Crippen molar-refractivity contribution in [2.45, 2.75) is 19.4 Å². The Morgan fingerprint density at radius 1 is 1.67 bits per heavy atom. The first-order valence-corrected chi connectivity index (χ1v) is 4.89. The molecule has 1 fully saturated rings. The Morgan fingerprint density at radius 2 is 2.40 bits per heavy atom. The van der Waals surface area contributed by atoms with Gasteiger partial charge >= 0.3 is 5.97 Å². The van der Waals surface area contributed by atoms with E-state index in [2.05, 4.69) is 4.98 Å². The van der Waals surface area contributed by atoms with Crippen LogP contribution in [0.25, 0.3) is 0 Å². The largest absolute Gasteiger partial charge is 0.465 e. The van der Waals surface area contributed by atoms with Crippen molar-refractivity contribution < 1.29 is 14.3 Å². The molecule has 0 aromatic carbocycles. The maximum Gasteiger partial charge on any atom is 0.339 e. The summed E-state index contributed by atoms with van der Waals surface area (Å²) < 4.78 is 10.1. The number of esters is 1. The summed E-state index contributed by atoms with van der Waals surface area (Å²) >= 11 is 0. The molecule has 1 unspecified atom stereocenters. The van der Waals surface area contributed by atoms with E-state index in [9.17, 15) is 4.79 Å². The first kappa shape index (κ1) is 10.1. The fourth-order valence-corrected chi connectivity index (χ4v) is 1.61. The van der Waals surface area contributed by atoms with Gasteiger partial charge in [-0.25, -0.2) is 4.79 Å². The van der Waals surface area contributed by atoms with E-state index in [-0.39, 0.29) is 12.1 Å². The van der Waals surface area contributed by atoms with Gasteiger partial charge < -0.3 is 9.47 Å². The molecule has 80 valence electrons. The molecular formula is C11H13NO3. The lowest BCUT2D eigenvalue weighted by molar-refractivity contribution is -0.0533. The molecule has 0 saturated carbocycles. The Balaban J connectivity index is 2.38. The van der Waals surface area contributed by atoms with Gasteiger partial charge in [-0.3, -0.25) is 4.98 Å². The number of carbonyl (C=O) groups is 1. The zero-order valence-corrected chi connectivity index (χ0v) is 8.82. The number of nitrogens with zero attached hydrogens (tertiary/aromatic N) is 1. The molecule has 1 atom stereocenters. The number of aryl methyl sites for hydroxylation is 1. The zero-order chi connectivity index (χ0) is 10.8. The quantitative estimate of drug-likeness (QED) is 0.692. The Morgan fingerprint density at radius 3 is 2.93 bits per heavy atom. The highest BCUT2D eigenvalue weighted by Crippen LogP contribution is 2.31. The average molecular weight is 207 g/mol. The van der Waals surface area contributed by atoms with Crippen LogP contribution in [0.5, 0.6) is 0 Å². The van der Waals surface area contributed by atoms with E-state index in [1.807, 2.05) is 13.0 Å². The highest BCUT2D eigenvalue weighted by molar-refractivity contribution is 5.90. The van der Waals surface area contributed by atoms with Crippen molar-refractivity contribution in [3.8, 4) is 0 Å². The number of carbonyl (C=O) groups excluding carboxylic acids is 1. The second-order valence-corrected chi connectivity index (χ2v) is 3.55. The summed E-state index contributed by atoms with van der Waals surface area (Å²) in [7, 11) is 1.37. The van der Waals surface area contributed by atoms with Gasteiger partial charge in [0, 0.05) is 18.3 Å². The summed E-state index contributed by atoms with van der Waals surface area (Å²) in [5.41, 5.74) is 2.28. The number of rotatable bonds is 2. The first-order chi connectivity index (χ1) is 7.22. The van der Waals surface area contributed by atoms with Crippen LogP contribution in [0, 0.1) is 6.92 Å². The number of aromatic nitrogens is 1. The molecule has 1 aliphatic heterocycles. The van der Waals surface area contributed by atoms with Crippen molar-refractivity contribution in [3.63, 3.8) is 0 Å². The molecule has 0 amide bonds. The van der Waals surface area contributed by atoms with E-state index in [4.69, 9.17) is 9.47 Å². The highest BCUT2D eigenvalue weighted by atomic mass is 16.5. The minimum atomic E-state index is -0.354. The predicted octanol–water partition coefficient (Wildman–Crippen LogP) is 1.64. The van der Waals surface area contributed by atoms with Gasteiger partial charge in [-0.15, -0.1) is 0 Å². The Labute approximate surface area is 88.2 Å². The van der Waals surface area contributed by atoms with Crippen LogP contribution < -0.4 is 0 Å². The molecule has 0 bridgehead atoms. The molecule has 1 aromatic heterocycles. The molecule has 0 aliphatic carbocycles. The van der Waals surface area contributed by atoms with Crippen molar-refractivity contribution in [3.05, 3.63) is 29.1 Å². The molecule has 0 radical (unpaired) electrons. The van der Waals surface area contributed by atoms with Crippen molar-refractivity contribution >= 4 is 5.97 Å². The molecule has 2 rings (SSSR count). The van der Waals surface area contributed by atoms with Crippen LogP contribution in [0.4, 0.5) is 0 Å². The summed E-state index contributed by atoms with van der Waals surface area (Å²) in [5, 5.41) is 0. The smallest absolute Gasteiger partial charge is 0.339 e. The van der Waals surface area contributed by atoms with Crippen LogP contribution in [-0.2, 0) is 9.47 Å². The van der Waals surface area contributed by atoms with Crippen molar-refractivity contribution in [1.82, 2.24) is 4.98 Å². The van der Waals surface area contributed by atoms with Gasteiger partial charge in [0.2, 0.25) is 0 Å². The van der Waals surface area contributed by atoms with E-state index in [1.165, 1.54) is 7.11 Å². The van der Waals surface area contributed by atoms with Crippen LogP contribution in [0.1, 0.15) is 34.1 Å². The van der Waals surface area contributed by atoms with Crippen molar-refractivity contribution in [2.75, 3.05) is 13.7 Å². The Bertz CT molecular complexity index is 385. The maximum absolute atomic E-state index is 11.5. The third kappa shape index (κ3) is 1.85. The Kier molecular flexibility index (Phi) is 2.68. The van der Waals surface area contributed by atoms with Gasteiger partial charge in [-0.05, 0) is 18.6 Å². The maximum atomic E-state index is 11.5. The summed E-state index contributed by atoms with van der Waals surface area (Å²) in [6.45, 7) is 2.65. The van der Waals surface area contributed by atoms with Crippen LogP contribution in [0.15, 0.2) is 12.3 Å². The van der Waals surface area contributed by atoms with Crippen LogP contribution in [-0.4, -0.2) is 24.7 Å². The predicted molar refractivity (Wildman–Crippen MR) is 53.6 cm³/mol. The minimum Gasteiger partial charge on any atom is -0.465 e. The molecule has 4 nitrogen and oxygen atoms in total. The number of pyridine rings is 1. The number of hydrogen-bond donors (Lipinski definition) is 0.